The minimum Gasteiger partial charge on any atom is -0.462 e. The van der Waals surface area contributed by atoms with E-state index in [0.29, 0.717) is 13.2 Å². The maximum absolute atomic E-state index is 11.6. The maximum Gasteiger partial charge on any atom is 0.323 e. The predicted octanol–water partition coefficient (Wildman–Crippen LogP) is 1.49. The fraction of sp³-hybridized carbons (Fsp3) is 0.917. The van der Waals surface area contributed by atoms with Crippen molar-refractivity contribution in [1.29, 1.82) is 0 Å². The van der Waals surface area contributed by atoms with Crippen molar-refractivity contribution in [2.75, 3.05) is 19.8 Å². The van der Waals surface area contributed by atoms with Crippen molar-refractivity contribution in [3.05, 3.63) is 0 Å². The van der Waals surface area contributed by atoms with Crippen LogP contribution in [0.3, 0.4) is 0 Å². The highest BCUT2D eigenvalue weighted by Crippen LogP contribution is 2.09. The van der Waals surface area contributed by atoms with Crippen molar-refractivity contribution in [3.8, 4) is 0 Å². The Morgan fingerprint density at radius 2 is 2.06 bits per heavy atom. The first kappa shape index (κ1) is 13.5. The molecule has 1 aliphatic heterocycles. The molecule has 0 spiro atoms. The first-order chi connectivity index (χ1) is 7.49. The van der Waals surface area contributed by atoms with Crippen LogP contribution in [0.1, 0.15) is 40.0 Å². The number of carbonyl (C=O) groups excluding carboxylic acids is 1. The molecule has 4 heteroatoms. The quantitative estimate of drug-likeness (QED) is 0.586. The molecule has 1 aliphatic rings. The van der Waals surface area contributed by atoms with Crippen LogP contribution in [0.25, 0.3) is 0 Å². The van der Waals surface area contributed by atoms with Crippen molar-refractivity contribution in [1.82, 2.24) is 5.32 Å². The van der Waals surface area contributed by atoms with Crippen LogP contribution >= 0.6 is 0 Å². The van der Waals surface area contributed by atoms with Crippen LogP contribution in [-0.4, -0.2) is 37.4 Å². The highest BCUT2D eigenvalue weighted by molar-refractivity contribution is 5.75. The van der Waals surface area contributed by atoms with E-state index in [2.05, 4.69) is 5.32 Å². The third-order valence-corrected chi connectivity index (χ3v) is 2.46. The van der Waals surface area contributed by atoms with Crippen molar-refractivity contribution >= 4 is 5.97 Å². The summed E-state index contributed by atoms with van der Waals surface area (Å²) in [6, 6.07) is -0.108. The smallest absolute Gasteiger partial charge is 0.323 e. The van der Waals surface area contributed by atoms with Gasteiger partial charge in [0.05, 0.1) is 12.2 Å². The van der Waals surface area contributed by atoms with Crippen LogP contribution in [0.2, 0.25) is 0 Å². The number of rotatable bonds is 4. The summed E-state index contributed by atoms with van der Waals surface area (Å²) in [6.07, 6.45) is 3.14. The molecule has 94 valence electrons. The molecule has 0 bridgehead atoms. The highest BCUT2D eigenvalue weighted by atomic mass is 16.6. The number of hydrogen-bond donors (Lipinski definition) is 1. The fourth-order valence-corrected chi connectivity index (χ4v) is 1.64. The molecule has 4 nitrogen and oxygen atoms in total. The van der Waals surface area contributed by atoms with Crippen molar-refractivity contribution in [2.45, 2.75) is 51.7 Å². The highest BCUT2D eigenvalue weighted by Gasteiger charge is 2.21. The monoisotopic (exact) mass is 229 g/mol. The van der Waals surface area contributed by atoms with E-state index in [1.807, 2.05) is 20.8 Å². The fourth-order valence-electron chi connectivity index (χ4n) is 1.64. The second kappa shape index (κ2) is 6.21. The first-order valence-corrected chi connectivity index (χ1v) is 6.03. The zero-order valence-electron chi connectivity index (χ0n) is 10.5. The summed E-state index contributed by atoms with van der Waals surface area (Å²) in [5.74, 6) is -0.141. The van der Waals surface area contributed by atoms with E-state index < -0.39 is 0 Å². The largest absolute Gasteiger partial charge is 0.462 e. The van der Waals surface area contributed by atoms with Gasteiger partial charge in [0.25, 0.3) is 0 Å². The molecule has 0 aromatic heterocycles. The van der Waals surface area contributed by atoms with Gasteiger partial charge in [-0.15, -0.1) is 0 Å². The molecule has 16 heavy (non-hydrogen) atoms. The van der Waals surface area contributed by atoms with E-state index in [1.165, 1.54) is 0 Å². The summed E-state index contributed by atoms with van der Waals surface area (Å²) in [5.41, 5.74) is -0.171. The van der Waals surface area contributed by atoms with Crippen molar-refractivity contribution in [3.63, 3.8) is 0 Å². The minimum atomic E-state index is -0.171. The lowest BCUT2D eigenvalue weighted by Gasteiger charge is -2.23. The molecule has 0 saturated carbocycles. The lowest BCUT2D eigenvalue weighted by molar-refractivity contribution is -0.150. The molecule has 0 aromatic carbocycles. The van der Waals surface area contributed by atoms with Gasteiger partial charge in [-0.2, -0.15) is 0 Å². The summed E-state index contributed by atoms with van der Waals surface area (Å²) < 4.78 is 10.6. The van der Waals surface area contributed by atoms with E-state index in [9.17, 15) is 4.79 Å². The van der Waals surface area contributed by atoms with E-state index >= 15 is 0 Å². The van der Waals surface area contributed by atoms with Crippen LogP contribution < -0.4 is 5.32 Å². The van der Waals surface area contributed by atoms with Crippen LogP contribution in [0, 0.1) is 0 Å². The van der Waals surface area contributed by atoms with E-state index in [-0.39, 0.29) is 17.6 Å². The molecule has 1 atom stereocenters. The van der Waals surface area contributed by atoms with Gasteiger partial charge in [0.1, 0.15) is 12.6 Å². The third kappa shape index (κ3) is 5.47. The van der Waals surface area contributed by atoms with Gasteiger partial charge >= 0.3 is 5.97 Å². The SMILES string of the molecule is CC(C)(C)OCCOC(=O)[C@@H]1CCCCN1. The molecule has 1 rings (SSSR count). The molecule has 1 N–H and O–H groups in total. The van der Waals surface area contributed by atoms with Crippen LogP contribution in [0.15, 0.2) is 0 Å². The second-order valence-electron chi connectivity index (χ2n) is 5.13. The Hall–Kier alpha value is -0.610. The third-order valence-electron chi connectivity index (χ3n) is 2.46. The topological polar surface area (TPSA) is 47.6 Å². The Bertz CT molecular complexity index is 217. The number of esters is 1. The zero-order chi connectivity index (χ0) is 12.0. The molecule has 0 aromatic rings. The van der Waals surface area contributed by atoms with Crippen LogP contribution in [0.5, 0.6) is 0 Å². The van der Waals surface area contributed by atoms with E-state index in [1.54, 1.807) is 0 Å². The van der Waals surface area contributed by atoms with Crippen LogP contribution in [0.4, 0.5) is 0 Å². The number of carbonyl (C=O) groups is 1. The molecule has 1 fully saturated rings. The van der Waals surface area contributed by atoms with E-state index in [4.69, 9.17) is 9.47 Å². The lowest BCUT2D eigenvalue weighted by Crippen LogP contribution is -2.41. The Morgan fingerprint density at radius 3 is 2.62 bits per heavy atom. The average Bonchev–Trinajstić information content (AvgIpc) is 2.24. The zero-order valence-corrected chi connectivity index (χ0v) is 10.5. The number of nitrogens with one attached hydrogen (secondary N) is 1. The predicted molar refractivity (Wildman–Crippen MR) is 62.3 cm³/mol. The number of piperidine rings is 1. The Morgan fingerprint density at radius 1 is 1.31 bits per heavy atom. The van der Waals surface area contributed by atoms with E-state index in [0.717, 1.165) is 25.8 Å². The summed E-state index contributed by atoms with van der Waals surface area (Å²) in [4.78, 5) is 11.6. The van der Waals surface area contributed by atoms with Gasteiger partial charge in [-0.3, -0.25) is 4.79 Å². The molecule has 0 radical (unpaired) electrons. The minimum absolute atomic E-state index is 0.108. The van der Waals surface area contributed by atoms with Gasteiger partial charge in [0, 0.05) is 0 Å². The lowest BCUT2D eigenvalue weighted by atomic mass is 10.1. The summed E-state index contributed by atoms with van der Waals surface area (Å²) in [7, 11) is 0. The summed E-state index contributed by atoms with van der Waals surface area (Å²) >= 11 is 0. The van der Waals surface area contributed by atoms with Crippen molar-refractivity contribution < 1.29 is 14.3 Å². The molecule has 1 saturated heterocycles. The molecule has 0 amide bonds. The molecule has 0 aliphatic carbocycles. The number of ether oxygens (including phenoxy) is 2. The maximum atomic E-state index is 11.6. The number of hydrogen-bond acceptors (Lipinski definition) is 4. The summed E-state index contributed by atoms with van der Waals surface area (Å²) in [6.45, 7) is 7.67. The normalized spacial score (nSPS) is 21.8. The molecule has 0 unspecified atom stereocenters. The molecular weight excluding hydrogens is 206 g/mol. The van der Waals surface area contributed by atoms with Gasteiger partial charge in [0.2, 0.25) is 0 Å². The average molecular weight is 229 g/mol. The first-order valence-electron chi connectivity index (χ1n) is 6.03. The van der Waals surface area contributed by atoms with Crippen molar-refractivity contribution in [2.24, 2.45) is 0 Å². The standard InChI is InChI=1S/C12H23NO3/c1-12(2,3)16-9-8-15-11(14)10-6-4-5-7-13-10/h10,13H,4-9H2,1-3H3/t10-/m0/s1. The van der Waals surface area contributed by atoms with Gasteiger partial charge in [-0.1, -0.05) is 6.42 Å². The Kier molecular flexibility index (Phi) is 5.22. The second-order valence-corrected chi connectivity index (χ2v) is 5.13. The summed E-state index contributed by atoms with van der Waals surface area (Å²) in [5, 5.41) is 3.16. The van der Waals surface area contributed by atoms with Gasteiger partial charge in [0.15, 0.2) is 0 Å². The molecule has 1 heterocycles. The van der Waals surface area contributed by atoms with Gasteiger partial charge in [-0.05, 0) is 40.2 Å². The molecular formula is C12H23NO3. The van der Waals surface area contributed by atoms with Crippen LogP contribution in [-0.2, 0) is 14.3 Å². The Labute approximate surface area is 97.7 Å². The van der Waals surface area contributed by atoms with Gasteiger partial charge < -0.3 is 14.8 Å². The Balaban J connectivity index is 2.10. The van der Waals surface area contributed by atoms with Gasteiger partial charge in [-0.25, -0.2) is 0 Å².